The highest BCUT2D eigenvalue weighted by Gasteiger charge is 2.13. The molecule has 0 aromatic heterocycles. The van der Waals surface area contributed by atoms with E-state index in [0.29, 0.717) is 6.54 Å². The summed E-state index contributed by atoms with van der Waals surface area (Å²) in [5.74, 6) is -0.353. The molecule has 5 nitrogen and oxygen atoms in total. The molecule has 1 rings (SSSR count). The van der Waals surface area contributed by atoms with Crippen molar-refractivity contribution in [3.05, 3.63) is 28.8 Å². The summed E-state index contributed by atoms with van der Waals surface area (Å²) in [6, 6.07) is 3.86. The first-order valence-corrected chi connectivity index (χ1v) is 8.38. The molecule has 0 saturated heterocycles. The molecule has 1 aromatic carbocycles. The Morgan fingerprint density at radius 3 is 2.55 bits per heavy atom. The van der Waals surface area contributed by atoms with Crippen molar-refractivity contribution in [2.75, 3.05) is 6.54 Å². The molecule has 0 aliphatic rings. The van der Waals surface area contributed by atoms with Gasteiger partial charge >= 0.3 is 0 Å². The highest BCUT2D eigenvalue weighted by Crippen LogP contribution is 2.18. The van der Waals surface area contributed by atoms with Crippen molar-refractivity contribution in [1.82, 2.24) is 5.32 Å². The van der Waals surface area contributed by atoms with Gasteiger partial charge in [0.05, 0.1) is 4.90 Å². The topological polar surface area (TPSA) is 89.3 Å². The van der Waals surface area contributed by atoms with Gasteiger partial charge in [0.25, 0.3) is 5.91 Å². The fourth-order valence-corrected chi connectivity index (χ4v) is 2.60. The van der Waals surface area contributed by atoms with E-state index in [1.54, 1.807) is 0 Å². The van der Waals surface area contributed by atoms with Gasteiger partial charge in [-0.05, 0) is 24.6 Å². The van der Waals surface area contributed by atoms with Crippen molar-refractivity contribution >= 4 is 27.5 Å². The standard InChI is InChI=1S/C13H19ClN2O3S/c1-2-3-4-5-6-16-13(17)10-7-11(14)9-12(8-10)20(15,18)19/h7-9H,2-6H2,1H3,(H,16,17)(H2,15,18,19). The summed E-state index contributed by atoms with van der Waals surface area (Å²) in [4.78, 5) is 11.7. The zero-order valence-electron chi connectivity index (χ0n) is 11.4. The summed E-state index contributed by atoms with van der Waals surface area (Å²) in [7, 11) is -3.88. The van der Waals surface area contributed by atoms with Crippen LogP contribution in [0.2, 0.25) is 5.02 Å². The van der Waals surface area contributed by atoms with Crippen LogP contribution in [0.5, 0.6) is 0 Å². The Morgan fingerprint density at radius 1 is 1.25 bits per heavy atom. The number of carbonyl (C=O) groups is 1. The van der Waals surface area contributed by atoms with Crippen LogP contribution in [0.3, 0.4) is 0 Å². The first kappa shape index (κ1) is 16.9. The molecule has 0 saturated carbocycles. The van der Waals surface area contributed by atoms with E-state index in [1.807, 2.05) is 0 Å². The Labute approximate surface area is 124 Å². The Balaban J connectivity index is 2.71. The van der Waals surface area contributed by atoms with E-state index in [0.717, 1.165) is 25.7 Å². The summed E-state index contributed by atoms with van der Waals surface area (Å²) < 4.78 is 22.6. The normalized spacial score (nSPS) is 11.3. The van der Waals surface area contributed by atoms with Gasteiger partial charge in [0.1, 0.15) is 0 Å². The maximum atomic E-state index is 11.9. The van der Waals surface area contributed by atoms with E-state index in [9.17, 15) is 13.2 Å². The van der Waals surface area contributed by atoms with Gasteiger partial charge in [-0.1, -0.05) is 37.8 Å². The third kappa shape index (κ3) is 5.48. The number of unbranched alkanes of at least 4 members (excludes halogenated alkanes) is 3. The van der Waals surface area contributed by atoms with Crippen LogP contribution in [0, 0.1) is 0 Å². The molecule has 1 aromatic rings. The van der Waals surface area contributed by atoms with Crippen LogP contribution >= 0.6 is 11.6 Å². The van der Waals surface area contributed by atoms with Gasteiger partial charge in [0, 0.05) is 17.1 Å². The predicted molar refractivity (Wildman–Crippen MR) is 79.3 cm³/mol. The van der Waals surface area contributed by atoms with E-state index in [-0.39, 0.29) is 21.4 Å². The molecule has 0 fully saturated rings. The van der Waals surface area contributed by atoms with E-state index in [1.165, 1.54) is 18.2 Å². The van der Waals surface area contributed by atoms with Gasteiger partial charge in [-0.15, -0.1) is 0 Å². The van der Waals surface area contributed by atoms with Gasteiger partial charge in [0.2, 0.25) is 10.0 Å². The third-order valence-electron chi connectivity index (χ3n) is 2.78. The molecule has 3 N–H and O–H groups in total. The second kappa shape index (κ2) is 7.61. The minimum Gasteiger partial charge on any atom is -0.352 e. The van der Waals surface area contributed by atoms with Crippen LogP contribution in [0.15, 0.2) is 23.1 Å². The summed E-state index contributed by atoms with van der Waals surface area (Å²) in [6.45, 7) is 2.66. The predicted octanol–water partition coefficient (Wildman–Crippen LogP) is 2.30. The number of halogens is 1. The molecule has 0 atom stereocenters. The van der Waals surface area contributed by atoms with E-state index < -0.39 is 10.0 Å². The average molecular weight is 319 g/mol. The van der Waals surface area contributed by atoms with Gasteiger partial charge in [-0.25, -0.2) is 13.6 Å². The molecule has 0 aliphatic heterocycles. The zero-order chi connectivity index (χ0) is 15.2. The summed E-state index contributed by atoms with van der Waals surface area (Å²) in [6.07, 6.45) is 4.19. The third-order valence-corrected chi connectivity index (χ3v) is 3.89. The quantitative estimate of drug-likeness (QED) is 0.756. The molecule has 7 heteroatoms. The van der Waals surface area contributed by atoms with Crippen molar-refractivity contribution in [2.45, 2.75) is 37.5 Å². The maximum Gasteiger partial charge on any atom is 0.251 e. The maximum absolute atomic E-state index is 11.9. The van der Waals surface area contributed by atoms with Crippen molar-refractivity contribution in [2.24, 2.45) is 5.14 Å². The average Bonchev–Trinajstić information content (AvgIpc) is 2.36. The minimum absolute atomic E-state index is 0.160. The van der Waals surface area contributed by atoms with Crippen LogP contribution in [-0.4, -0.2) is 20.9 Å². The molecule has 112 valence electrons. The number of primary sulfonamides is 1. The monoisotopic (exact) mass is 318 g/mol. The molecule has 0 aliphatic carbocycles. The molecule has 0 spiro atoms. The van der Waals surface area contributed by atoms with Crippen molar-refractivity contribution in [3.63, 3.8) is 0 Å². The highest BCUT2D eigenvalue weighted by atomic mass is 35.5. The molecule has 0 heterocycles. The van der Waals surface area contributed by atoms with Gasteiger partial charge < -0.3 is 5.32 Å². The van der Waals surface area contributed by atoms with Crippen molar-refractivity contribution < 1.29 is 13.2 Å². The summed E-state index contributed by atoms with van der Waals surface area (Å²) in [5.41, 5.74) is 0.192. The van der Waals surface area contributed by atoms with E-state index in [4.69, 9.17) is 16.7 Å². The lowest BCUT2D eigenvalue weighted by Crippen LogP contribution is -2.25. The second-order valence-corrected chi connectivity index (χ2v) is 6.54. The summed E-state index contributed by atoms with van der Waals surface area (Å²) >= 11 is 5.80. The van der Waals surface area contributed by atoms with Crippen molar-refractivity contribution in [1.29, 1.82) is 0 Å². The number of hydrogen-bond donors (Lipinski definition) is 2. The number of carbonyl (C=O) groups excluding carboxylic acids is 1. The zero-order valence-corrected chi connectivity index (χ0v) is 12.9. The SMILES string of the molecule is CCCCCCNC(=O)c1cc(Cl)cc(S(N)(=O)=O)c1. The number of nitrogens with two attached hydrogens (primary N) is 1. The van der Waals surface area contributed by atoms with Crippen LogP contribution in [0.4, 0.5) is 0 Å². The lowest BCUT2D eigenvalue weighted by Gasteiger charge is -2.07. The molecule has 0 bridgehead atoms. The van der Waals surface area contributed by atoms with Gasteiger partial charge in [-0.3, -0.25) is 4.79 Å². The minimum atomic E-state index is -3.88. The lowest BCUT2D eigenvalue weighted by molar-refractivity contribution is 0.0952. The van der Waals surface area contributed by atoms with Gasteiger partial charge in [-0.2, -0.15) is 0 Å². The van der Waals surface area contributed by atoms with Crippen LogP contribution in [0.25, 0.3) is 0 Å². The Morgan fingerprint density at radius 2 is 1.95 bits per heavy atom. The van der Waals surface area contributed by atoms with Crippen LogP contribution < -0.4 is 10.5 Å². The number of nitrogens with one attached hydrogen (secondary N) is 1. The number of amides is 1. The Kier molecular flexibility index (Phi) is 6.45. The summed E-state index contributed by atoms with van der Waals surface area (Å²) in [5, 5.41) is 7.92. The largest absolute Gasteiger partial charge is 0.352 e. The second-order valence-electron chi connectivity index (χ2n) is 4.54. The Bertz CT molecular complexity index is 573. The number of benzene rings is 1. The number of sulfonamides is 1. The van der Waals surface area contributed by atoms with E-state index >= 15 is 0 Å². The molecule has 0 radical (unpaired) electrons. The first-order chi connectivity index (χ1) is 9.34. The van der Waals surface area contributed by atoms with Crippen LogP contribution in [0.1, 0.15) is 43.0 Å². The van der Waals surface area contributed by atoms with Gasteiger partial charge in [0.15, 0.2) is 0 Å². The molecule has 20 heavy (non-hydrogen) atoms. The molecule has 1 amide bonds. The highest BCUT2D eigenvalue weighted by molar-refractivity contribution is 7.89. The smallest absolute Gasteiger partial charge is 0.251 e. The number of rotatable bonds is 7. The lowest BCUT2D eigenvalue weighted by atomic mass is 10.2. The fraction of sp³-hybridized carbons (Fsp3) is 0.462. The van der Waals surface area contributed by atoms with E-state index in [2.05, 4.69) is 12.2 Å². The molecular formula is C13H19ClN2O3S. The first-order valence-electron chi connectivity index (χ1n) is 6.46. The molecule has 0 unspecified atom stereocenters. The Hall–Kier alpha value is -1.11. The van der Waals surface area contributed by atoms with Crippen LogP contribution in [-0.2, 0) is 10.0 Å². The fourth-order valence-electron chi connectivity index (χ4n) is 1.71. The van der Waals surface area contributed by atoms with Crippen molar-refractivity contribution in [3.8, 4) is 0 Å². The number of hydrogen-bond acceptors (Lipinski definition) is 3. The molecular weight excluding hydrogens is 300 g/mol.